The Kier molecular flexibility index (Phi) is 4.26. The standard InChI is InChI=1S/C18H24Si/c1-5-19(6-2,17-11-7-15(3)8-12-17)18-13-9-16(4)10-14-18/h7-14H,5-6H2,1-4H3. The number of benzene rings is 2. The molecule has 0 amide bonds. The van der Waals surface area contributed by atoms with Crippen LogP contribution in [0.2, 0.25) is 12.1 Å². The Morgan fingerprint density at radius 3 is 1.21 bits per heavy atom. The lowest BCUT2D eigenvalue weighted by molar-refractivity contribution is 1.28. The molecule has 0 radical (unpaired) electrons. The third-order valence-corrected chi connectivity index (χ3v) is 9.71. The van der Waals surface area contributed by atoms with Crippen molar-refractivity contribution in [3.8, 4) is 0 Å². The Balaban J connectivity index is 2.53. The Morgan fingerprint density at radius 1 is 0.632 bits per heavy atom. The van der Waals surface area contributed by atoms with Crippen molar-refractivity contribution in [3.05, 3.63) is 59.7 Å². The van der Waals surface area contributed by atoms with Crippen molar-refractivity contribution in [2.75, 3.05) is 0 Å². The van der Waals surface area contributed by atoms with Gasteiger partial charge in [-0.15, -0.1) is 0 Å². The van der Waals surface area contributed by atoms with Gasteiger partial charge in [0.2, 0.25) is 0 Å². The van der Waals surface area contributed by atoms with Crippen LogP contribution in [-0.4, -0.2) is 8.07 Å². The molecule has 0 bridgehead atoms. The molecule has 0 spiro atoms. The highest BCUT2D eigenvalue weighted by Gasteiger charge is 2.33. The summed E-state index contributed by atoms with van der Waals surface area (Å²) >= 11 is 0. The van der Waals surface area contributed by atoms with Crippen LogP contribution in [0.25, 0.3) is 0 Å². The first-order valence-corrected chi connectivity index (χ1v) is 9.68. The first kappa shape index (κ1) is 14.1. The lowest BCUT2D eigenvalue weighted by Crippen LogP contribution is -2.57. The normalized spacial score (nSPS) is 11.6. The molecule has 0 aliphatic carbocycles. The molecule has 0 unspecified atom stereocenters. The molecule has 19 heavy (non-hydrogen) atoms. The Bertz CT molecular complexity index is 471. The van der Waals surface area contributed by atoms with Crippen molar-refractivity contribution in [2.24, 2.45) is 0 Å². The highest BCUT2D eigenvalue weighted by molar-refractivity contribution is 7.02. The second kappa shape index (κ2) is 5.75. The van der Waals surface area contributed by atoms with Crippen molar-refractivity contribution in [3.63, 3.8) is 0 Å². The third kappa shape index (κ3) is 2.66. The molecule has 0 aliphatic rings. The van der Waals surface area contributed by atoms with Crippen LogP contribution >= 0.6 is 0 Å². The summed E-state index contributed by atoms with van der Waals surface area (Å²) < 4.78 is 0. The number of hydrogen-bond acceptors (Lipinski definition) is 0. The summed E-state index contributed by atoms with van der Waals surface area (Å²) in [5, 5.41) is 3.15. The molecule has 0 saturated carbocycles. The fraction of sp³-hybridized carbons (Fsp3) is 0.333. The molecule has 2 rings (SSSR count). The summed E-state index contributed by atoms with van der Waals surface area (Å²) in [6, 6.07) is 21.0. The molecule has 0 N–H and O–H groups in total. The summed E-state index contributed by atoms with van der Waals surface area (Å²) in [6.45, 7) is 9.04. The van der Waals surface area contributed by atoms with Gasteiger partial charge in [-0.05, 0) is 13.8 Å². The Hall–Kier alpha value is -1.34. The summed E-state index contributed by atoms with van der Waals surface area (Å²) in [7, 11) is -1.54. The zero-order valence-electron chi connectivity index (χ0n) is 12.5. The maximum absolute atomic E-state index is 2.36. The minimum Gasteiger partial charge on any atom is -0.0672 e. The molecule has 1 heteroatoms. The topological polar surface area (TPSA) is 0 Å². The Labute approximate surface area is 118 Å². The molecule has 100 valence electrons. The van der Waals surface area contributed by atoms with E-state index in [1.54, 1.807) is 10.4 Å². The van der Waals surface area contributed by atoms with Gasteiger partial charge in [0.15, 0.2) is 0 Å². The largest absolute Gasteiger partial charge is 0.117 e. The summed E-state index contributed by atoms with van der Waals surface area (Å²) in [5.41, 5.74) is 2.70. The molecule has 0 aromatic heterocycles. The van der Waals surface area contributed by atoms with E-state index in [-0.39, 0.29) is 0 Å². The van der Waals surface area contributed by atoms with Crippen molar-refractivity contribution in [1.82, 2.24) is 0 Å². The van der Waals surface area contributed by atoms with Gasteiger partial charge >= 0.3 is 0 Å². The molecule has 2 aromatic rings. The van der Waals surface area contributed by atoms with Crippen molar-refractivity contribution in [1.29, 1.82) is 0 Å². The SMILES string of the molecule is CC[Si](CC)(c1ccc(C)cc1)c1ccc(C)cc1. The van der Waals surface area contributed by atoms with Crippen molar-refractivity contribution in [2.45, 2.75) is 39.8 Å². The van der Waals surface area contributed by atoms with E-state index in [2.05, 4.69) is 76.2 Å². The minimum absolute atomic E-state index is 1.27. The smallest absolute Gasteiger partial charge is 0.0672 e. The van der Waals surface area contributed by atoms with Gasteiger partial charge in [0.1, 0.15) is 8.07 Å². The molecular weight excluding hydrogens is 244 g/mol. The third-order valence-electron chi connectivity index (χ3n) is 4.42. The van der Waals surface area contributed by atoms with Gasteiger partial charge in [-0.1, -0.05) is 96.0 Å². The fourth-order valence-electron chi connectivity index (χ4n) is 2.98. The van der Waals surface area contributed by atoms with E-state index in [1.807, 2.05) is 0 Å². The average Bonchev–Trinajstić information content (AvgIpc) is 2.44. The minimum atomic E-state index is -1.54. The highest BCUT2D eigenvalue weighted by Crippen LogP contribution is 2.16. The summed E-state index contributed by atoms with van der Waals surface area (Å²) in [6.07, 6.45) is 0. The first-order valence-electron chi connectivity index (χ1n) is 7.26. The second-order valence-corrected chi connectivity index (χ2v) is 10.3. The van der Waals surface area contributed by atoms with E-state index in [0.717, 1.165) is 0 Å². The fourth-order valence-corrected chi connectivity index (χ4v) is 7.05. The van der Waals surface area contributed by atoms with Crippen LogP contribution in [0.4, 0.5) is 0 Å². The first-order chi connectivity index (χ1) is 9.12. The summed E-state index contributed by atoms with van der Waals surface area (Å²) in [4.78, 5) is 0. The van der Waals surface area contributed by atoms with E-state index in [1.165, 1.54) is 23.2 Å². The number of rotatable bonds is 4. The van der Waals surface area contributed by atoms with E-state index in [4.69, 9.17) is 0 Å². The van der Waals surface area contributed by atoms with Crippen molar-refractivity contribution < 1.29 is 0 Å². The van der Waals surface area contributed by atoms with Gasteiger partial charge in [0.05, 0.1) is 0 Å². The van der Waals surface area contributed by atoms with E-state index < -0.39 is 8.07 Å². The molecule has 0 fully saturated rings. The molecular formula is C18H24Si. The van der Waals surface area contributed by atoms with Gasteiger partial charge in [-0.25, -0.2) is 0 Å². The lowest BCUT2D eigenvalue weighted by Gasteiger charge is -2.31. The van der Waals surface area contributed by atoms with Crippen LogP contribution in [-0.2, 0) is 0 Å². The van der Waals surface area contributed by atoms with Crippen LogP contribution in [0.5, 0.6) is 0 Å². The lowest BCUT2D eigenvalue weighted by atomic mass is 10.2. The van der Waals surface area contributed by atoms with Crippen LogP contribution in [0.15, 0.2) is 48.5 Å². The number of hydrogen-bond donors (Lipinski definition) is 0. The van der Waals surface area contributed by atoms with Gasteiger partial charge in [0.25, 0.3) is 0 Å². The molecule has 0 heterocycles. The molecule has 0 saturated heterocycles. The number of aryl methyl sites for hydroxylation is 2. The highest BCUT2D eigenvalue weighted by atomic mass is 28.3. The van der Waals surface area contributed by atoms with Crippen molar-refractivity contribution >= 4 is 18.4 Å². The molecule has 0 nitrogen and oxygen atoms in total. The van der Waals surface area contributed by atoms with Gasteiger partial charge in [-0.2, -0.15) is 0 Å². The van der Waals surface area contributed by atoms with E-state index in [0.29, 0.717) is 0 Å². The van der Waals surface area contributed by atoms with Crippen LogP contribution in [0.3, 0.4) is 0 Å². The quantitative estimate of drug-likeness (QED) is 0.738. The Morgan fingerprint density at radius 2 is 0.947 bits per heavy atom. The monoisotopic (exact) mass is 268 g/mol. The maximum atomic E-state index is 2.36. The van der Waals surface area contributed by atoms with E-state index in [9.17, 15) is 0 Å². The van der Waals surface area contributed by atoms with Gasteiger partial charge < -0.3 is 0 Å². The molecule has 0 atom stereocenters. The summed E-state index contributed by atoms with van der Waals surface area (Å²) in [5.74, 6) is 0. The molecule has 0 aliphatic heterocycles. The predicted molar refractivity (Wildman–Crippen MR) is 88.3 cm³/mol. The van der Waals surface area contributed by atoms with Gasteiger partial charge in [-0.3, -0.25) is 0 Å². The second-order valence-electron chi connectivity index (χ2n) is 5.52. The molecule has 2 aromatic carbocycles. The van der Waals surface area contributed by atoms with Crippen LogP contribution in [0, 0.1) is 13.8 Å². The zero-order chi connectivity index (χ0) is 13.9. The predicted octanol–water partition coefficient (Wildman–Crippen LogP) is 3.91. The zero-order valence-corrected chi connectivity index (χ0v) is 13.5. The van der Waals surface area contributed by atoms with E-state index >= 15 is 0 Å². The van der Waals surface area contributed by atoms with Crippen LogP contribution in [0.1, 0.15) is 25.0 Å². The van der Waals surface area contributed by atoms with Gasteiger partial charge in [0, 0.05) is 0 Å². The maximum Gasteiger partial charge on any atom is 0.117 e. The van der Waals surface area contributed by atoms with Crippen LogP contribution < -0.4 is 10.4 Å². The average molecular weight is 268 g/mol.